The molecule has 0 aromatic carbocycles. The second kappa shape index (κ2) is 9.97. The van der Waals surface area contributed by atoms with Gasteiger partial charge >= 0.3 is 0 Å². The van der Waals surface area contributed by atoms with E-state index in [0.717, 1.165) is 23.7 Å². The standard InChI is InChI=1S/C17H36/c1-7-15(4)12-13-16(5)10-8-9-11-17(6)14(2)3/h14-17H,7-13H2,1-6H3. The summed E-state index contributed by atoms with van der Waals surface area (Å²) < 4.78 is 0. The molecule has 0 amide bonds. The average Bonchev–Trinajstić information content (AvgIpc) is 2.30. The van der Waals surface area contributed by atoms with Crippen LogP contribution in [0.2, 0.25) is 0 Å². The lowest BCUT2D eigenvalue weighted by Crippen LogP contribution is -2.04. The largest absolute Gasteiger partial charge is 0.0651 e. The van der Waals surface area contributed by atoms with E-state index in [2.05, 4.69) is 41.5 Å². The molecule has 3 atom stereocenters. The van der Waals surface area contributed by atoms with Crippen LogP contribution in [0.3, 0.4) is 0 Å². The summed E-state index contributed by atoms with van der Waals surface area (Å²) in [4.78, 5) is 0. The van der Waals surface area contributed by atoms with Gasteiger partial charge in [0.15, 0.2) is 0 Å². The molecule has 3 unspecified atom stereocenters. The Morgan fingerprint density at radius 3 is 1.71 bits per heavy atom. The highest BCUT2D eigenvalue weighted by Gasteiger charge is 2.08. The predicted octanol–water partition coefficient (Wildman–Crippen LogP) is 6.30. The lowest BCUT2D eigenvalue weighted by Gasteiger charge is -2.17. The van der Waals surface area contributed by atoms with Crippen molar-refractivity contribution in [1.29, 1.82) is 0 Å². The molecule has 0 aromatic heterocycles. The van der Waals surface area contributed by atoms with Crippen molar-refractivity contribution in [3.63, 3.8) is 0 Å². The smallest absolute Gasteiger partial charge is 0.0420 e. The minimum absolute atomic E-state index is 0.859. The van der Waals surface area contributed by atoms with E-state index in [4.69, 9.17) is 0 Å². The van der Waals surface area contributed by atoms with Gasteiger partial charge in [-0.2, -0.15) is 0 Å². The van der Waals surface area contributed by atoms with Crippen molar-refractivity contribution in [3.05, 3.63) is 0 Å². The zero-order chi connectivity index (χ0) is 13.3. The fraction of sp³-hybridized carbons (Fsp3) is 1.00. The first-order valence-corrected chi connectivity index (χ1v) is 7.97. The third kappa shape index (κ3) is 9.68. The first-order valence-electron chi connectivity index (χ1n) is 7.97. The van der Waals surface area contributed by atoms with Gasteiger partial charge in [0.25, 0.3) is 0 Å². The van der Waals surface area contributed by atoms with Crippen molar-refractivity contribution in [2.75, 3.05) is 0 Å². The topological polar surface area (TPSA) is 0 Å². The van der Waals surface area contributed by atoms with E-state index >= 15 is 0 Å². The second-order valence-corrected chi connectivity index (χ2v) is 6.70. The maximum absolute atomic E-state index is 2.44. The summed E-state index contributed by atoms with van der Waals surface area (Å²) in [6, 6.07) is 0. The Labute approximate surface area is 111 Å². The molecular formula is C17H36. The first-order chi connectivity index (χ1) is 7.97. The van der Waals surface area contributed by atoms with Crippen LogP contribution in [0, 0.1) is 23.7 Å². The molecule has 0 saturated heterocycles. The zero-order valence-corrected chi connectivity index (χ0v) is 13.3. The lowest BCUT2D eigenvalue weighted by atomic mass is 9.89. The lowest BCUT2D eigenvalue weighted by molar-refractivity contribution is 0.355. The Bertz CT molecular complexity index is 159. The molecule has 0 saturated carbocycles. The molecule has 0 heterocycles. The highest BCUT2D eigenvalue weighted by molar-refractivity contribution is 4.60. The monoisotopic (exact) mass is 240 g/mol. The van der Waals surface area contributed by atoms with Crippen molar-refractivity contribution >= 4 is 0 Å². The van der Waals surface area contributed by atoms with Gasteiger partial charge in [-0.05, 0) is 23.7 Å². The molecule has 0 nitrogen and oxygen atoms in total. The highest BCUT2D eigenvalue weighted by Crippen LogP contribution is 2.22. The molecule has 0 N–H and O–H groups in total. The Kier molecular flexibility index (Phi) is 9.97. The maximum atomic E-state index is 2.44. The Hall–Kier alpha value is 0. The van der Waals surface area contributed by atoms with Crippen LogP contribution in [0.4, 0.5) is 0 Å². The van der Waals surface area contributed by atoms with Gasteiger partial charge in [-0.25, -0.2) is 0 Å². The van der Waals surface area contributed by atoms with E-state index in [1.807, 2.05) is 0 Å². The molecule has 0 aliphatic rings. The summed E-state index contributed by atoms with van der Waals surface area (Å²) in [5.74, 6) is 3.64. The Balaban J connectivity index is 3.42. The molecule has 104 valence electrons. The van der Waals surface area contributed by atoms with Crippen molar-refractivity contribution in [1.82, 2.24) is 0 Å². The first kappa shape index (κ1) is 17.0. The quantitative estimate of drug-likeness (QED) is 0.393. The van der Waals surface area contributed by atoms with E-state index in [1.165, 1.54) is 44.9 Å². The van der Waals surface area contributed by atoms with Crippen LogP contribution in [0.15, 0.2) is 0 Å². The molecule has 0 aliphatic carbocycles. The number of hydrogen-bond donors (Lipinski definition) is 0. The predicted molar refractivity (Wildman–Crippen MR) is 80.3 cm³/mol. The third-order valence-corrected chi connectivity index (χ3v) is 4.59. The average molecular weight is 240 g/mol. The minimum Gasteiger partial charge on any atom is -0.0651 e. The molecule has 0 aliphatic heterocycles. The molecule has 0 spiro atoms. The van der Waals surface area contributed by atoms with Crippen LogP contribution >= 0.6 is 0 Å². The van der Waals surface area contributed by atoms with E-state index in [-0.39, 0.29) is 0 Å². The van der Waals surface area contributed by atoms with E-state index in [0.29, 0.717) is 0 Å². The highest BCUT2D eigenvalue weighted by atomic mass is 14.1. The van der Waals surface area contributed by atoms with Crippen LogP contribution in [0.25, 0.3) is 0 Å². The fourth-order valence-corrected chi connectivity index (χ4v) is 2.21. The van der Waals surface area contributed by atoms with Crippen molar-refractivity contribution in [2.24, 2.45) is 23.7 Å². The number of unbranched alkanes of at least 4 members (excludes halogenated alkanes) is 1. The van der Waals surface area contributed by atoms with Crippen molar-refractivity contribution < 1.29 is 0 Å². The normalized spacial score (nSPS) is 17.1. The molecule has 0 rings (SSSR count). The number of rotatable bonds is 10. The van der Waals surface area contributed by atoms with Gasteiger partial charge in [-0.1, -0.05) is 86.5 Å². The summed E-state index contributed by atoms with van der Waals surface area (Å²) in [5.41, 5.74) is 0. The molecule has 0 aromatic rings. The summed E-state index contributed by atoms with van der Waals surface area (Å²) in [7, 11) is 0. The number of hydrogen-bond acceptors (Lipinski definition) is 0. The van der Waals surface area contributed by atoms with Gasteiger partial charge in [-0.15, -0.1) is 0 Å². The Morgan fingerprint density at radius 1 is 0.647 bits per heavy atom. The van der Waals surface area contributed by atoms with Gasteiger partial charge in [0.1, 0.15) is 0 Å². The van der Waals surface area contributed by atoms with E-state index in [1.54, 1.807) is 0 Å². The summed E-state index contributed by atoms with van der Waals surface area (Å²) in [6.45, 7) is 14.2. The van der Waals surface area contributed by atoms with Crippen LogP contribution in [0.1, 0.15) is 86.5 Å². The summed E-state index contributed by atoms with van der Waals surface area (Å²) >= 11 is 0. The van der Waals surface area contributed by atoms with Crippen LogP contribution in [0.5, 0.6) is 0 Å². The summed E-state index contributed by atoms with van der Waals surface area (Å²) in [6.07, 6.45) is 9.97. The molecule has 0 heteroatoms. The molecule has 0 radical (unpaired) electrons. The van der Waals surface area contributed by atoms with Gasteiger partial charge in [0.05, 0.1) is 0 Å². The van der Waals surface area contributed by atoms with Gasteiger partial charge in [0.2, 0.25) is 0 Å². The van der Waals surface area contributed by atoms with Gasteiger partial charge in [-0.3, -0.25) is 0 Å². The minimum atomic E-state index is 0.859. The maximum Gasteiger partial charge on any atom is -0.0420 e. The van der Waals surface area contributed by atoms with Gasteiger partial charge < -0.3 is 0 Å². The molecule has 17 heavy (non-hydrogen) atoms. The summed E-state index contributed by atoms with van der Waals surface area (Å²) in [5, 5.41) is 0. The van der Waals surface area contributed by atoms with Crippen LogP contribution in [-0.4, -0.2) is 0 Å². The third-order valence-electron chi connectivity index (χ3n) is 4.59. The van der Waals surface area contributed by atoms with Crippen LogP contribution in [-0.2, 0) is 0 Å². The van der Waals surface area contributed by atoms with E-state index < -0.39 is 0 Å². The van der Waals surface area contributed by atoms with Crippen molar-refractivity contribution in [2.45, 2.75) is 86.5 Å². The van der Waals surface area contributed by atoms with Crippen LogP contribution < -0.4 is 0 Å². The second-order valence-electron chi connectivity index (χ2n) is 6.70. The SMILES string of the molecule is CCC(C)CCC(C)CCCCC(C)C(C)C. The van der Waals surface area contributed by atoms with Gasteiger partial charge in [0, 0.05) is 0 Å². The fourth-order valence-electron chi connectivity index (χ4n) is 2.21. The molecular weight excluding hydrogens is 204 g/mol. The Morgan fingerprint density at radius 2 is 1.18 bits per heavy atom. The van der Waals surface area contributed by atoms with E-state index in [9.17, 15) is 0 Å². The van der Waals surface area contributed by atoms with Crippen molar-refractivity contribution in [3.8, 4) is 0 Å². The molecule has 0 fully saturated rings. The molecule has 0 bridgehead atoms. The zero-order valence-electron chi connectivity index (χ0n) is 13.3.